The molecule has 2 rings (SSSR count). The predicted octanol–water partition coefficient (Wildman–Crippen LogP) is 2.61. The first-order valence-electron chi connectivity index (χ1n) is 7.91. The standard InChI is InChI=1S/C18H17FN2O6/c1-26-16-7-2-12(10-15(16)19)11-27-17(22)8-9-20-18(23)13-3-5-14(6-4-13)21(24)25/h2-7,10H,8-9,11H2,1H3,(H,20,23). The van der Waals surface area contributed by atoms with Gasteiger partial charge in [0.05, 0.1) is 18.5 Å². The van der Waals surface area contributed by atoms with Crippen LogP contribution in [0.15, 0.2) is 42.5 Å². The van der Waals surface area contributed by atoms with Gasteiger partial charge in [-0.15, -0.1) is 0 Å². The van der Waals surface area contributed by atoms with E-state index in [0.717, 1.165) is 0 Å². The smallest absolute Gasteiger partial charge is 0.307 e. The first kappa shape index (κ1) is 19.8. The van der Waals surface area contributed by atoms with Gasteiger partial charge in [0, 0.05) is 24.2 Å². The molecular weight excluding hydrogens is 359 g/mol. The van der Waals surface area contributed by atoms with Crippen molar-refractivity contribution in [2.45, 2.75) is 13.0 Å². The minimum Gasteiger partial charge on any atom is -0.494 e. The molecule has 2 aromatic rings. The second-order valence-corrected chi connectivity index (χ2v) is 5.44. The highest BCUT2D eigenvalue weighted by Crippen LogP contribution is 2.18. The van der Waals surface area contributed by atoms with Crippen LogP contribution in [0, 0.1) is 15.9 Å². The van der Waals surface area contributed by atoms with E-state index in [1.807, 2.05) is 0 Å². The molecule has 1 amide bonds. The molecule has 0 atom stereocenters. The highest BCUT2D eigenvalue weighted by molar-refractivity contribution is 5.94. The molecule has 142 valence electrons. The molecule has 0 saturated carbocycles. The van der Waals surface area contributed by atoms with Gasteiger partial charge in [0.25, 0.3) is 11.6 Å². The second-order valence-electron chi connectivity index (χ2n) is 5.44. The second kappa shape index (κ2) is 9.27. The van der Waals surface area contributed by atoms with E-state index in [4.69, 9.17) is 9.47 Å². The minimum absolute atomic E-state index is 0.0334. The van der Waals surface area contributed by atoms with Gasteiger partial charge in [-0.2, -0.15) is 0 Å². The number of nitro groups is 1. The predicted molar refractivity (Wildman–Crippen MR) is 92.8 cm³/mol. The van der Waals surface area contributed by atoms with Gasteiger partial charge in [-0.3, -0.25) is 19.7 Å². The Morgan fingerprint density at radius 3 is 2.48 bits per heavy atom. The van der Waals surface area contributed by atoms with Crippen molar-refractivity contribution in [1.29, 1.82) is 0 Å². The van der Waals surface area contributed by atoms with Crippen molar-refractivity contribution in [1.82, 2.24) is 5.32 Å². The number of benzene rings is 2. The van der Waals surface area contributed by atoms with Crippen LogP contribution in [0.2, 0.25) is 0 Å². The van der Waals surface area contributed by atoms with Crippen LogP contribution in [0.3, 0.4) is 0 Å². The number of nitrogens with one attached hydrogen (secondary N) is 1. The number of methoxy groups -OCH3 is 1. The number of halogens is 1. The molecule has 0 heterocycles. The summed E-state index contributed by atoms with van der Waals surface area (Å²) in [6, 6.07) is 9.30. The molecular formula is C18H17FN2O6. The molecule has 0 aliphatic heterocycles. The van der Waals surface area contributed by atoms with E-state index in [1.165, 1.54) is 43.5 Å². The minimum atomic E-state index is -0.563. The lowest BCUT2D eigenvalue weighted by Gasteiger charge is -2.08. The SMILES string of the molecule is COc1ccc(COC(=O)CCNC(=O)c2ccc([N+](=O)[O-])cc2)cc1F. The topological polar surface area (TPSA) is 108 Å². The Morgan fingerprint density at radius 2 is 1.89 bits per heavy atom. The third-order valence-corrected chi connectivity index (χ3v) is 3.57. The van der Waals surface area contributed by atoms with Crippen molar-refractivity contribution >= 4 is 17.6 Å². The Labute approximate surface area is 154 Å². The van der Waals surface area contributed by atoms with Gasteiger partial charge in [-0.25, -0.2) is 4.39 Å². The number of amides is 1. The molecule has 0 fully saturated rings. The molecule has 0 aromatic heterocycles. The fourth-order valence-electron chi connectivity index (χ4n) is 2.15. The van der Waals surface area contributed by atoms with Crippen LogP contribution in [0.5, 0.6) is 5.75 Å². The van der Waals surface area contributed by atoms with Crippen LogP contribution < -0.4 is 10.1 Å². The van der Waals surface area contributed by atoms with E-state index in [0.29, 0.717) is 5.56 Å². The van der Waals surface area contributed by atoms with Crippen LogP contribution in [-0.4, -0.2) is 30.5 Å². The maximum absolute atomic E-state index is 13.5. The first-order valence-corrected chi connectivity index (χ1v) is 7.91. The molecule has 0 unspecified atom stereocenters. The van der Waals surface area contributed by atoms with Crippen molar-refractivity contribution in [2.24, 2.45) is 0 Å². The highest BCUT2D eigenvalue weighted by atomic mass is 19.1. The summed E-state index contributed by atoms with van der Waals surface area (Å²) in [5, 5.41) is 13.1. The van der Waals surface area contributed by atoms with E-state index >= 15 is 0 Å². The van der Waals surface area contributed by atoms with Gasteiger partial charge < -0.3 is 14.8 Å². The summed E-state index contributed by atoms with van der Waals surface area (Å²) >= 11 is 0. The number of hydrogen-bond acceptors (Lipinski definition) is 6. The Bertz CT molecular complexity index is 838. The zero-order valence-corrected chi connectivity index (χ0v) is 14.4. The third kappa shape index (κ3) is 5.77. The molecule has 0 bridgehead atoms. The Morgan fingerprint density at radius 1 is 1.19 bits per heavy atom. The maximum atomic E-state index is 13.5. The van der Waals surface area contributed by atoms with Gasteiger partial charge in [-0.1, -0.05) is 6.07 Å². The first-order chi connectivity index (χ1) is 12.9. The molecule has 1 N–H and O–H groups in total. The van der Waals surface area contributed by atoms with Crippen LogP contribution >= 0.6 is 0 Å². The van der Waals surface area contributed by atoms with E-state index in [1.54, 1.807) is 6.07 Å². The number of hydrogen-bond donors (Lipinski definition) is 1. The third-order valence-electron chi connectivity index (χ3n) is 3.57. The maximum Gasteiger partial charge on any atom is 0.307 e. The lowest BCUT2D eigenvalue weighted by Crippen LogP contribution is -2.26. The average Bonchev–Trinajstić information content (AvgIpc) is 2.66. The molecule has 0 aliphatic carbocycles. The quantitative estimate of drug-likeness (QED) is 0.431. The van der Waals surface area contributed by atoms with Gasteiger partial charge >= 0.3 is 5.97 Å². The van der Waals surface area contributed by atoms with Gasteiger partial charge in [0.1, 0.15) is 6.61 Å². The number of nitrogens with zero attached hydrogens (tertiary/aromatic N) is 1. The normalized spacial score (nSPS) is 10.1. The number of carbonyl (C=O) groups is 2. The molecule has 2 aromatic carbocycles. The van der Waals surface area contributed by atoms with Crippen molar-refractivity contribution in [3.05, 3.63) is 69.5 Å². The lowest BCUT2D eigenvalue weighted by molar-refractivity contribution is -0.384. The summed E-state index contributed by atoms with van der Waals surface area (Å²) in [4.78, 5) is 33.6. The monoisotopic (exact) mass is 376 g/mol. The lowest BCUT2D eigenvalue weighted by atomic mass is 10.2. The number of carbonyl (C=O) groups excluding carboxylic acids is 2. The summed E-state index contributed by atoms with van der Waals surface area (Å²) in [6.45, 7) is -0.0678. The Hall–Kier alpha value is -3.49. The number of non-ortho nitro benzene ring substituents is 1. The van der Waals surface area contributed by atoms with E-state index in [9.17, 15) is 24.1 Å². The van der Waals surface area contributed by atoms with Crippen LogP contribution in [0.4, 0.5) is 10.1 Å². The summed E-state index contributed by atoms with van der Waals surface area (Å²) in [6.07, 6.45) is -0.0721. The fourth-order valence-corrected chi connectivity index (χ4v) is 2.15. The Balaban J connectivity index is 1.74. The number of ether oxygens (including phenoxy) is 2. The summed E-state index contributed by atoms with van der Waals surface area (Å²) in [7, 11) is 1.35. The number of nitro benzene ring substituents is 1. The molecule has 9 heteroatoms. The summed E-state index contributed by atoms with van der Waals surface area (Å²) in [5.41, 5.74) is 0.587. The van der Waals surface area contributed by atoms with Crippen LogP contribution in [-0.2, 0) is 16.1 Å². The molecule has 0 saturated heterocycles. The largest absolute Gasteiger partial charge is 0.494 e. The van der Waals surface area contributed by atoms with Crippen molar-refractivity contribution in [3.8, 4) is 5.75 Å². The Kier molecular flexibility index (Phi) is 6.81. The molecule has 27 heavy (non-hydrogen) atoms. The van der Waals surface area contributed by atoms with E-state index in [-0.39, 0.29) is 36.6 Å². The highest BCUT2D eigenvalue weighted by Gasteiger charge is 2.11. The molecule has 0 aliphatic rings. The zero-order chi connectivity index (χ0) is 19.8. The van der Waals surface area contributed by atoms with Crippen LogP contribution in [0.25, 0.3) is 0 Å². The summed E-state index contributed by atoms with van der Waals surface area (Å²) in [5.74, 6) is -1.48. The number of esters is 1. The molecule has 0 spiro atoms. The summed E-state index contributed by atoms with van der Waals surface area (Å²) < 4.78 is 23.4. The fraction of sp³-hybridized carbons (Fsp3) is 0.222. The van der Waals surface area contributed by atoms with E-state index in [2.05, 4.69) is 5.32 Å². The van der Waals surface area contributed by atoms with Crippen molar-refractivity contribution in [3.63, 3.8) is 0 Å². The van der Waals surface area contributed by atoms with E-state index < -0.39 is 22.6 Å². The molecule has 8 nitrogen and oxygen atoms in total. The van der Waals surface area contributed by atoms with Gasteiger partial charge in [0.2, 0.25) is 0 Å². The van der Waals surface area contributed by atoms with Crippen LogP contribution in [0.1, 0.15) is 22.3 Å². The number of rotatable bonds is 8. The average molecular weight is 376 g/mol. The van der Waals surface area contributed by atoms with Gasteiger partial charge in [0.15, 0.2) is 11.6 Å². The molecule has 0 radical (unpaired) electrons. The van der Waals surface area contributed by atoms with Gasteiger partial charge in [-0.05, 0) is 29.8 Å². The van der Waals surface area contributed by atoms with Crippen molar-refractivity contribution < 1.29 is 28.4 Å². The zero-order valence-electron chi connectivity index (χ0n) is 14.4. The van der Waals surface area contributed by atoms with Crippen molar-refractivity contribution in [2.75, 3.05) is 13.7 Å².